The van der Waals surface area contributed by atoms with Crippen molar-refractivity contribution >= 4 is 5.91 Å². The molecule has 0 saturated carbocycles. The number of carbonyl (C=O) groups is 1. The van der Waals surface area contributed by atoms with Crippen LogP contribution in [-0.4, -0.2) is 56.0 Å². The lowest BCUT2D eigenvalue weighted by atomic mass is 9.99. The number of nitrogens with one attached hydrogen (secondary N) is 1. The first-order chi connectivity index (χ1) is 14.5. The molecule has 1 amide bonds. The van der Waals surface area contributed by atoms with E-state index in [1.807, 2.05) is 44.4 Å². The largest absolute Gasteiger partial charge is 0.491 e. The van der Waals surface area contributed by atoms with Crippen molar-refractivity contribution in [2.24, 2.45) is 5.92 Å². The Morgan fingerprint density at radius 3 is 2.63 bits per heavy atom. The Kier molecular flexibility index (Phi) is 8.29. The Morgan fingerprint density at radius 1 is 1.13 bits per heavy atom. The number of carbonyl (C=O) groups excluding carboxylic acids is 1. The number of hydrogen-bond donors (Lipinski definition) is 1. The molecule has 3 rings (SSSR count). The molecule has 0 aliphatic carbocycles. The summed E-state index contributed by atoms with van der Waals surface area (Å²) >= 11 is 0. The Labute approximate surface area is 181 Å². The molecule has 5 heteroatoms. The van der Waals surface area contributed by atoms with Crippen LogP contribution in [0.5, 0.6) is 5.75 Å². The van der Waals surface area contributed by atoms with Gasteiger partial charge < -0.3 is 15.0 Å². The van der Waals surface area contributed by atoms with Crippen molar-refractivity contribution in [2.45, 2.75) is 32.9 Å². The van der Waals surface area contributed by atoms with E-state index in [1.54, 1.807) is 0 Å². The van der Waals surface area contributed by atoms with E-state index in [-0.39, 0.29) is 5.91 Å². The van der Waals surface area contributed by atoms with Gasteiger partial charge in [-0.1, -0.05) is 43.3 Å². The smallest absolute Gasteiger partial charge is 0.255 e. The van der Waals surface area contributed by atoms with Crippen LogP contribution in [0, 0.1) is 5.92 Å². The Morgan fingerprint density at radius 2 is 1.87 bits per heavy atom. The van der Waals surface area contributed by atoms with Crippen LogP contribution >= 0.6 is 0 Å². The van der Waals surface area contributed by atoms with E-state index < -0.39 is 0 Å². The van der Waals surface area contributed by atoms with Crippen LogP contribution in [-0.2, 0) is 13.1 Å². The first-order valence-electron chi connectivity index (χ1n) is 11.0. The normalized spacial score (nSPS) is 17.1. The maximum atomic E-state index is 12.9. The van der Waals surface area contributed by atoms with Gasteiger partial charge in [-0.2, -0.15) is 0 Å². The third-order valence-electron chi connectivity index (χ3n) is 5.62. The Bertz CT molecular complexity index is 822. The van der Waals surface area contributed by atoms with Crippen LogP contribution in [0.25, 0.3) is 0 Å². The van der Waals surface area contributed by atoms with E-state index in [2.05, 4.69) is 40.2 Å². The molecule has 5 nitrogen and oxygen atoms in total. The van der Waals surface area contributed by atoms with Crippen LogP contribution in [0.4, 0.5) is 0 Å². The number of para-hydroxylation sites is 1. The van der Waals surface area contributed by atoms with Crippen molar-refractivity contribution in [3.63, 3.8) is 0 Å². The van der Waals surface area contributed by atoms with Gasteiger partial charge in [-0.25, -0.2) is 0 Å². The van der Waals surface area contributed by atoms with Crippen molar-refractivity contribution in [1.82, 2.24) is 15.1 Å². The van der Waals surface area contributed by atoms with Crippen LogP contribution < -0.4 is 10.1 Å². The first kappa shape index (κ1) is 22.3. The molecule has 30 heavy (non-hydrogen) atoms. The quantitative estimate of drug-likeness (QED) is 0.684. The lowest BCUT2D eigenvalue weighted by molar-refractivity contribution is 0.0946. The van der Waals surface area contributed by atoms with Gasteiger partial charge in [-0.15, -0.1) is 0 Å². The summed E-state index contributed by atoms with van der Waals surface area (Å²) < 4.78 is 5.85. The molecular formula is C25H35N3O2. The number of ether oxygens (including phenoxy) is 1. The number of nitrogens with zero attached hydrogens (tertiary/aromatic N) is 2. The fourth-order valence-electron chi connectivity index (χ4n) is 3.94. The molecule has 0 radical (unpaired) electrons. The first-order valence-corrected chi connectivity index (χ1v) is 11.0. The van der Waals surface area contributed by atoms with Crippen LogP contribution in [0.2, 0.25) is 0 Å². The molecule has 0 bridgehead atoms. The minimum atomic E-state index is -0.100. The highest BCUT2D eigenvalue weighted by Crippen LogP contribution is 2.21. The van der Waals surface area contributed by atoms with E-state index in [0.717, 1.165) is 32.1 Å². The van der Waals surface area contributed by atoms with Gasteiger partial charge in [0, 0.05) is 26.2 Å². The second kappa shape index (κ2) is 11.1. The van der Waals surface area contributed by atoms with Crippen LogP contribution in [0.15, 0.2) is 48.5 Å². The van der Waals surface area contributed by atoms with Gasteiger partial charge in [-0.05, 0) is 62.7 Å². The average molecular weight is 410 g/mol. The predicted molar refractivity (Wildman–Crippen MR) is 122 cm³/mol. The van der Waals surface area contributed by atoms with E-state index >= 15 is 0 Å². The summed E-state index contributed by atoms with van der Waals surface area (Å²) in [5, 5.41) is 3.09. The molecule has 0 spiro atoms. The van der Waals surface area contributed by atoms with Crippen molar-refractivity contribution in [1.29, 1.82) is 0 Å². The van der Waals surface area contributed by atoms with E-state index in [9.17, 15) is 4.79 Å². The molecule has 1 heterocycles. The third-order valence-corrected chi connectivity index (χ3v) is 5.62. The summed E-state index contributed by atoms with van der Waals surface area (Å²) in [4.78, 5) is 17.5. The summed E-state index contributed by atoms with van der Waals surface area (Å²) in [5.74, 6) is 1.29. The van der Waals surface area contributed by atoms with Gasteiger partial charge >= 0.3 is 0 Å². The van der Waals surface area contributed by atoms with Crippen molar-refractivity contribution in [3.05, 3.63) is 65.2 Å². The van der Waals surface area contributed by atoms with E-state index in [1.165, 1.54) is 24.0 Å². The zero-order valence-electron chi connectivity index (χ0n) is 18.6. The zero-order chi connectivity index (χ0) is 21.3. The maximum absolute atomic E-state index is 12.9. The lowest BCUT2D eigenvalue weighted by Crippen LogP contribution is -2.34. The minimum Gasteiger partial charge on any atom is -0.491 e. The highest BCUT2D eigenvalue weighted by atomic mass is 16.5. The number of amides is 1. The number of likely N-dealkylation sites (N-methyl/N-ethyl adjacent to an activating group) is 1. The molecule has 1 aliphatic rings. The summed E-state index contributed by atoms with van der Waals surface area (Å²) in [5.41, 5.74) is 3.05. The fraction of sp³-hybridized carbons (Fsp3) is 0.480. The van der Waals surface area contributed by atoms with Crippen molar-refractivity contribution in [3.8, 4) is 5.75 Å². The van der Waals surface area contributed by atoms with Gasteiger partial charge in [-0.3, -0.25) is 9.69 Å². The fourth-order valence-corrected chi connectivity index (χ4v) is 3.94. The number of rotatable bonds is 9. The zero-order valence-corrected chi connectivity index (χ0v) is 18.6. The van der Waals surface area contributed by atoms with E-state index in [0.29, 0.717) is 24.5 Å². The Balaban J connectivity index is 1.61. The molecule has 1 saturated heterocycles. The van der Waals surface area contributed by atoms with Gasteiger partial charge in [0.1, 0.15) is 12.4 Å². The molecular weight excluding hydrogens is 374 g/mol. The molecule has 0 aromatic heterocycles. The third kappa shape index (κ3) is 6.57. The summed E-state index contributed by atoms with van der Waals surface area (Å²) in [7, 11) is 4.01. The molecule has 2 aromatic rings. The van der Waals surface area contributed by atoms with Crippen LogP contribution in [0.3, 0.4) is 0 Å². The predicted octanol–water partition coefficient (Wildman–Crippen LogP) is 3.79. The molecule has 2 aromatic carbocycles. The molecule has 1 unspecified atom stereocenters. The number of hydrogen-bond acceptors (Lipinski definition) is 4. The number of benzene rings is 2. The van der Waals surface area contributed by atoms with Crippen molar-refractivity contribution < 1.29 is 9.53 Å². The average Bonchev–Trinajstić information content (AvgIpc) is 2.73. The lowest BCUT2D eigenvalue weighted by Gasteiger charge is -2.31. The van der Waals surface area contributed by atoms with Gasteiger partial charge in [0.15, 0.2) is 0 Å². The van der Waals surface area contributed by atoms with Crippen LogP contribution in [0.1, 0.15) is 41.3 Å². The van der Waals surface area contributed by atoms with Gasteiger partial charge in [0.2, 0.25) is 0 Å². The monoisotopic (exact) mass is 409 g/mol. The molecule has 1 N–H and O–H groups in total. The SMILES string of the molecule is CC1CCCN(Cc2ccccc2CNC(=O)c2ccccc2OCCN(C)C)C1. The Hall–Kier alpha value is -2.37. The van der Waals surface area contributed by atoms with Gasteiger partial charge in [0.25, 0.3) is 5.91 Å². The second-order valence-electron chi connectivity index (χ2n) is 8.58. The summed E-state index contributed by atoms with van der Waals surface area (Å²) in [6, 6.07) is 15.9. The summed E-state index contributed by atoms with van der Waals surface area (Å²) in [6.07, 6.45) is 2.59. The minimum absolute atomic E-state index is 0.100. The summed E-state index contributed by atoms with van der Waals surface area (Å²) in [6.45, 7) is 7.45. The highest BCUT2D eigenvalue weighted by molar-refractivity contribution is 5.96. The standard InChI is InChI=1S/C25H35N3O2/c1-20-9-8-14-28(18-20)19-22-11-5-4-10-21(22)17-26-25(29)23-12-6-7-13-24(23)30-16-15-27(2)3/h4-7,10-13,20H,8-9,14-19H2,1-3H3,(H,26,29). The number of likely N-dealkylation sites (tertiary alicyclic amines) is 1. The van der Waals surface area contributed by atoms with Gasteiger partial charge in [0.05, 0.1) is 5.56 Å². The van der Waals surface area contributed by atoms with E-state index in [4.69, 9.17) is 4.74 Å². The van der Waals surface area contributed by atoms with Crippen molar-refractivity contribution in [2.75, 3.05) is 40.3 Å². The molecule has 1 atom stereocenters. The molecule has 162 valence electrons. The molecule has 1 fully saturated rings. The highest BCUT2D eigenvalue weighted by Gasteiger charge is 2.18. The topological polar surface area (TPSA) is 44.8 Å². The second-order valence-corrected chi connectivity index (χ2v) is 8.58. The number of piperidine rings is 1. The maximum Gasteiger partial charge on any atom is 0.255 e. The molecule has 1 aliphatic heterocycles.